The molecule has 0 atom stereocenters. The maximum absolute atomic E-state index is 5.98. The van der Waals surface area contributed by atoms with Crippen LogP contribution < -0.4 is 10.6 Å². The van der Waals surface area contributed by atoms with Crippen molar-refractivity contribution in [2.24, 2.45) is 5.73 Å². The fourth-order valence-corrected chi connectivity index (χ4v) is 2.84. The molecular weight excluding hydrogens is 240 g/mol. The van der Waals surface area contributed by atoms with Crippen LogP contribution in [-0.4, -0.2) is 38.7 Å². The van der Waals surface area contributed by atoms with Gasteiger partial charge in [-0.15, -0.1) is 0 Å². The van der Waals surface area contributed by atoms with Crippen LogP contribution in [0.3, 0.4) is 0 Å². The van der Waals surface area contributed by atoms with Crippen LogP contribution in [0.1, 0.15) is 31.4 Å². The van der Waals surface area contributed by atoms with Gasteiger partial charge in [0.1, 0.15) is 12.1 Å². The van der Waals surface area contributed by atoms with Crippen molar-refractivity contribution in [2.75, 3.05) is 11.9 Å². The number of fused-ring (bicyclic) bond motifs is 1. The Morgan fingerprint density at radius 1 is 1.32 bits per heavy atom. The minimum atomic E-state index is 0.371. The number of rotatable bonds is 2. The first-order chi connectivity index (χ1) is 9.15. The monoisotopic (exact) mass is 260 g/mol. The zero-order valence-corrected chi connectivity index (χ0v) is 11.5. The lowest BCUT2D eigenvalue weighted by atomic mass is 9.91. The molecule has 1 fully saturated rings. The largest absolute Gasteiger partial charge is 0.356 e. The smallest absolute Gasteiger partial charge is 0.254 e. The lowest BCUT2D eigenvalue weighted by Crippen LogP contribution is -2.39. The molecular formula is C13H20N6. The molecule has 0 aliphatic heterocycles. The van der Waals surface area contributed by atoms with Crippen LogP contribution in [0.15, 0.2) is 12.4 Å². The average molecular weight is 260 g/mol. The number of aromatic nitrogens is 4. The third-order valence-electron chi connectivity index (χ3n) is 4.01. The Kier molecular flexibility index (Phi) is 3.10. The molecule has 0 saturated heterocycles. The van der Waals surface area contributed by atoms with E-state index in [1.165, 1.54) is 0 Å². The zero-order chi connectivity index (χ0) is 13.4. The highest BCUT2D eigenvalue weighted by Crippen LogP contribution is 2.25. The van der Waals surface area contributed by atoms with E-state index in [0.29, 0.717) is 17.9 Å². The van der Waals surface area contributed by atoms with Crippen molar-refractivity contribution in [3.05, 3.63) is 18.1 Å². The SMILES string of the molecule is Cc1cc(N(C)C2CCC(N)CC2)n2ncnc2n1. The Labute approximate surface area is 112 Å². The summed E-state index contributed by atoms with van der Waals surface area (Å²) in [6, 6.07) is 2.96. The van der Waals surface area contributed by atoms with Gasteiger partial charge in [-0.2, -0.15) is 14.6 Å². The number of hydrogen-bond donors (Lipinski definition) is 1. The third kappa shape index (κ3) is 2.28. The van der Waals surface area contributed by atoms with Gasteiger partial charge in [-0.1, -0.05) is 0 Å². The summed E-state index contributed by atoms with van der Waals surface area (Å²) >= 11 is 0. The maximum Gasteiger partial charge on any atom is 0.254 e. The highest BCUT2D eigenvalue weighted by molar-refractivity contribution is 5.47. The molecule has 0 radical (unpaired) electrons. The van der Waals surface area contributed by atoms with Crippen molar-refractivity contribution in [3.8, 4) is 0 Å². The van der Waals surface area contributed by atoms with Gasteiger partial charge in [0.15, 0.2) is 0 Å². The van der Waals surface area contributed by atoms with Crippen LogP contribution in [-0.2, 0) is 0 Å². The van der Waals surface area contributed by atoms with Gasteiger partial charge in [-0.3, -0.25) is 0 Å². The molecule has 2 heterocycles. The molecule has 19 heavy (non-hydrogen) atoms. The predicted octanol–water partition coefficient (Wildman–Crippen LogP) is 1.14. The first-order valence-corrected chi connectivity index (χ1v) is 6.81. The Bertz CT molecular complexity index is 570. The van der Waals surface area contributed by atoms with E-state index in [0.717, 1.165) is 37.2 Å². The molecule has 2 aromatic rings. The summed E-state index contributed by atoms with van der Waals surface area (Å²) in [4.78, 5) is 10.8. The van der Waals surface area contributed by atoms with Crippen molar-refractivity contribution in [3.63, 3.8) is 0 Å². The number of aryl methyl sites for hydroxylation is 1. The van der Waals surface area contributed by atoms with E-state index in [1.807, 2.05) is 11.4 Å². The lowest BCUT2D eigenvalue weighted by molar-refractivity contribution is 0.383. The van der Waals surface area contributed by atoms with E-state index in [9.17, 15) is 0 Å². The van der Waals surface area contributed by atoms with Crippen LogP contribution in [0.2, 0.25) is 0 Å². The molecule has 0 unspecified atom stereocenters. The molecule has 0 aromatic carbocycles. The molecule has 1 aliphatic rings. The van der Waals surface area contributed by atoms with Gasteiger partial charge >= 0.3 is 0 Å². The van der Waals surface area contributed by atoms with E-state index in [-0.39, 0.29) is 0 Å². The number of nitrogens with zero attached hydrogens (tertiary/aromatic N) is 5. The number of anilines is 1. The fourth-order valence-electron chi connectivity index (χ4n) is 2.84. The minimum Gasteiger partial charge on any atom is -0.356 e. The van der Waals surface area contributed by atoms with E-state index < -0.39 is 0 Å². The quantitative estimate of drug-likeness (QED) is 0.876. The van der Waals surface area contributed by atoms with Gasteiger partial charge in [0.25, 0.3) is 5.78 Å². The van der Waals surface area contributed by atoms with E-state index in [2.05, 4.69) is 33.1 Å². The van der Waals surface area contributed by atoms with Gasteiger partial charge in [0.05, 0.1) is 0 Å². The maximum atomic E-state index is 5.98. The molecule has 0 amide bonds. The second-order valence-corrected chi connectivity index (χ2v) is 5.41. The van der Waals surface area contributed by atoms with Crippen LogP contribution >= 0.6 is 0 Å². The van der Waals surface area contributed by atoms with Gasteiger partial charge in [0, 0.05) is 30.9 Å². The summed E-state index contributed by atoms with van der Waals surface area (Å²) in [7, 11) is 2.12. The first kappa shape index (κ1) is 12.3. The van der Waals surface area contributed by atoms with Crippen molar-refractivity contribution >= 4 is 11.6 Å². The van der Waals surface area contributed by atoms with Crippen molar-refractivity contribution in [1.29, 1.82) is 0 Å². The van der Waals surface area contributed by atoms with Crippen molar-refractivity contribution in [1.82, 2.24) is 19.6 Å². The second kappa shape index (κ2) is 4.77. The summed E-state index contributed by atoms with van der Waals surface area (Å²) < 4.78 is 1.81. The Balaban J connectivity index is 1.92. The van der Waals surface area contributed by atoms with Crippen LogP contribution in [0.5, 0.6) is 0 Å². The second-order valence-electron chi connectivity index (χ2n) is 5.41. The van der Waals surface area contributed by atoms with E-state index in [1.54, 1.807) is 6.33 Å². The zero-order valence-electron chi connectivity index (χ0n) is 11.5. The third-order valence-corrected chi connectivity index (χ3v) is 4.01. The molecule has 1 aliphatic carbocycles. The lowest BCUT2D eigenvalue weighted by Gasteiger charge is -2.34. The fraction of sp³-hybridized carbons (Fsp3) is 0.615. The highest BCUT2D eigenvalue weighted by atomic mass is 15.4. The summed E-state index contributed by atoms with van der Waals surface area (Å²) in [5.74, 6) is 1.72. The molecule has 0 spiro atoms. The molecule has 1 saturated carbocycles. The number of nitrogens with two attached hydrogens (primary N) is 1. The van der Waals surface area contributed by atoms with Crippen LogP contribution in [0.4, 0.5) is 5.82 Å². The summed E-state index contributed by atoms with van der Waals surface area (Å²) in [5.41, 5.74) is 6.95. The van der Waals surface area contributed by atoms with Gasteiger partial charge in [-0.25, -0.2) is 4.98 Å². The Morgan fingerprint density at radius 3 is 2.79 bits per heavy atom. The van der Waals surface area contributed by atoms with E-state index in [4.69, 9.17) is 5.73 Å². The van der Waals surface area contributed by atoms with Crippen LogP contribution in [0, 0.1) is 6.92 Å². The van der Waals surface area contributed by atoms with Crippen molar-refractivity contribution in [2.45, 2.75) is 44.7 Å². The van der Waals surface area contributed by atoms with Crippen LogP contribution in [0.25, 0.3) is 5.78 Å². The minimum absolute atomic E-state index is 0.371. The standard InChI is InChI=1S/C13H20N6/c1-9-7-12(19-13(17-9)15-8-16-19)18(2)11-5-3-10(14)4-6-11/h7-8,10-11H,3-6,14H2,1-2H3. The molecule has 102 valence electrons. The van der Waals surface area contributed by atoms with Crippen molar-refractivity contribution < 1.29 is 0 Å². The molecule has 2 N–H and O–H groups in total. The normalized spacial score (nSPS) is 23.7. The molecule has 6 nitrogen and oxygen atoms in total. The molecule has 0 bridgehead atoms. The topological polar surface area (TPSA) is 72.3 Å². The first-order valence-electron chi connectivity index (χ1n) is 6.81. The van der Waals surface area contributed by atoms with Gasteiger partial charge in [0.2, 0.25) is 0 Å². The summed E-state index contributed by atoms with van der Waals surface area (Å²) in [6.07, 6.45) is 6.01. The van der Waals surface area contributed by atoms with Gasteiger partial charge < -0.3 is 10.6 Å². The summed E-state index contributed by atoms with van der Waals surface area (Å²) in [6.45, 7) is 1.99. The summed E-state index contributed by atoms with van der Waals surface area (Å²) in [5, 5.41) is 4.27. The number of hydrogen-bond acceptors (Lipinski definition) is 5. The van der Waals surface area contributed by atoms with Gasteiger partial charge in [-0.05, 0) is 32.6 Å². The average Bonchev–Trinajstić information content (AvgIpc) is 2.85. The predicted molar refractivity (Wildman–Crippen MR) is 74.2 cm³/mol. The Hall–Kier alpha value is -1.69. The van der Waals surface area contributed by atoms with E-state index >= 15 is 0 Å². The Morgan fingerprint density at radius 2 is 2.05 bits per heavy atom. The molecule has 2 aromatic heterocycles. The molecule has 6 heteroatoms. The molecule has 3 rings (SSSR count). The highest BCUT2D eigenvalue weighted by Gasteiger charge is 2.24.